The molecule has 26 heavy (non-hydrogen) atoms. The van der Waals surface area contributed by atoms with E-state index in [0.717, 1.165) is 15.8 Å². The first kappa shape index (κ1) is 20.0. The molecule has 0 aromatic heterocycles. The lowest BCUT2D eigenvalue weighted by atomic mass is 10.2. The Balaban J connectivity index is 1.75. The third-order valence-electron chi connectivity index (χ3n) is 3.12. The molecule has 0 aliphatic heterocycles. The SMILES string of the molecule is COc1ccc(/C=C\C(=O)NNC(=O)COc2ccc(Br)cc2Br)cc1. The van der Waals surface area contributed by atoms with Crippen molar-refractivity contribution in [3.8, 4) is 11.5 Å². The predicted molar refractivity (Wildman–Crippen MR) is 106 cm³/mol. The first-order chi connectivity index (χ1) is 12.5. The van der Waals surface area contributed by atoms with Gasteiger partial charge < -0.3 is 9.47 Å². The summed E-state index contributed by atoms with van der Waals surface area (Å²) >= 11 is 6.67. The van der Waals surface area contributed by atoms with Gasteiger partial charge in [0.05, 0.1) is 11.6 Å². The first-order valence-electron chi connectivity index (χ1n) is 7.47. The molecule has 2 aromatic rings. The number of carbonyl (C=O) groups excluding carboxylic acids is 2. The fourth-order valence-electron chi connectivity index (χ4n) is 1.83. The van der Waals surface area contributed by atoms with Gasteiger partial charge in [-0.1, -0.05) is 28.1 Å². The molecule has 6 nitrogen and oxygen atoms in total. The Morgan fingerprint density at radius 1 is 1.08 bits per heavy atom. The Morgan fingerprint density at radius 2 is 1.81 bits per heavy atom. The lowest BCUT2D eigenvalue weighted by Gasteiger charge is -2.09. The van der Waals surface area contributed by atoms with Crippen LogP contribution >= 0.6 is 31.9 Å². The van der Waals surface area contributed by atoms with Crippen molar-refractivity contribution in [3.05, 3.63) is 63.0 Å². The van der Waals surface area contributed by atoms with Gasteiger partial charge in [-0.15, -0.1) is 0 Å². The van der Waals surface area contributed by atoms with E-state index in [0.29, 0.717) is 10.2 Å². The molecule has 2 aromatic carbocycles. The lowest BCUT2D eigenvalue weighted by Crippen LogP contribution is -2.43. The molecule has 0 spiro atoms. The molecule has 0 heterocycles. The summed E-state index contributed by atoms with van der Waals surface area (Å²) in [5, 5.41) is 0. The first-order valence-corrected chi connectivity index (χ1v) is 9.05. The summed E-state index contributed by atoms with van der Waals surface area (Å²) in [5.41, 5.74) is 5.39. The van der Waals surface area contributed by atoms with Crippen molar-refractivity contribution >= 4 is 49.8 Å². The molecule has 2 N–H and O–H groups in total. The van der Waals surface area contributed by atoms with Crippen molar-refractivity contribution in [3.63, 3.8) is 0 Å². The van der Waals surface area contributed by atoms with Crippen LogP contribution in [-0.2, 0) is 9.59 Å². The van der Waals surface area contributed by atoms with E-state index in [2.05, 4.69) is 42.7 Å². The van der Waals surface area contributed by atoms with Crippen LogP contribution in [0.4, 0.5) is 0 Å². The van der Waals surface area contributed by atoms with E-state index >= 15 is 0 Å². The second-order valence-electron chi connectivity index (χ2n) is 5.01. The van der Waals surface area contributed by atoms with Gasteiger partial charge in [0.15, 0.2) is 6.61 Å². The highest BCUT2D eigenvalue weighted by atomic mass is 79.9. The number of methoxy groups -OCH3 is 1. The molecule has 0 atom stereocenters. The Bertz CT molecular complexity index is 807. The van der Waals surface area contributed by atoms with Crippen LogP contribution in [0.15, 0.2) is 57.5 Å². The standard InChI is InChI=1S/C18H16Br2N2O4/c1-25-14-6-2-12(3-7-14)4-9-17(23)21-22-18(24)11-26-16-8-5-13(19)10-15(16)20/h2-10H,11H2,1H3,(H,21,23)(H,22,24)/b9-4-. The third kappa shape index (κ3) is 6.53. The number of nitrogens with one attached hydrogen (secondary N) is 2. The maximum Gasteiger partial charge on any atom is 0.276 e. The number of halogens is 2. The van der Waals surface area contributed by atoms with E-state index in [1.807, 2.05) is 12.1 Å². The van der Waals surface area contributed by atoms with Crippen LogP contribution in [0.25, 0.3) is 6.08 Å². The van der Waals surface area contributed by atoms with Crippen LogP contribution in [0.2, 0.25) is 0 Å². The van der Waals surface area contributed by atoms with E-state index in [1.54, 1.807) is 43.5 Å². The van der Waals surface area contributed by atoms with Gasteiger partial charge in [0.2, 0.25) is 0 Å². The molecule has 136 valence electrons. The highest BCUT2D eigenvalue weighted by molar-refractivity contribution is 9.11. The minimum atomic E-state index is -0.481. The molecule has 0 aliphatic rings. The number of benzene rings is 2. The van der Waals surface area contributed by atoms with E-state index in [4.69, 9.17) is 9.47 Å². The molecule has 0 bridgehead atoms. The van der Waals surface area contributed by atoms with Crippen LogP contribution in [-0.4, -0.2) is 25.5 Å². The van der Waals surface area contributed by atoms with Gasteiger partial charge in [0.25, 0.3) is 11.8 Å². The zero-order valence-electron chi connectivity index (χ0n) is 13.8. The fraction of sp³-hybridized carbons (Fsp3) is 0.111. The third-order valence-corrected chi connectivity index (χ3v) is 4.23. The summed E-state index contributed by atoms with van der Waals surface area (Å²) in [6, 6.07) is 12.5. The van der Waals surface area contributed by atoms with E-state index in [-0.39, 0.29) is 6.61 Å². The summed E-state index contributed by atoms with van der Waals surface area (Å²) in [7, 11) is 1.58. The summed E-state index contributed by atoms with van der Waals surface area (Å²) in [5.74, 6) is 0.315. The summed E-state index contributed by atoms with van der Waals surface area (Å²) in [4.78, 5) is 23.4. The van der Waals surface area contributed by atoms with Crippen molar-refractivity contribution in [1.82, 2.24) is 10.9 Å². The summed E-state index contributed by atoms with van der Waals surface area (Å²) < 4.78 is 12.0. The molecule has 0 fully saturated rings. The fourth-order valence-corrected chi connectivity index (χ4v) is 2.99. The number of amides is 2. The van der Waals surface area contributed by atoms with E-state index in [9.17, 15) is 9.59 Å². The molecule has 0 saturated heterocycles. The molecule has 8 heteroatoms. The average Bonchev–Trinajstić information content (AvgIpc) is 2.64. The molecule has 0 unspecified atom stereocenters. The zero-order valence-corrected chi connectivity index (χ0v) is 17.0. The van der Waals surface area contributed by atoms with E-state index < -0.39 is 11.8 Å². The minimum absolute atomic E-state index is 0.233. The molecular weight excluding hydrogens is 468 g/mol. The quantitative estimate of drug-likeness (QED) is 0.487. The van der Waals surface area contributed by atoms with Gasteiger partial charge in [-0.3, -0.25) is 20.4 Å². The number of hydrogen-bond donors (Lipinski definition) is 2. The van der Waals surface area contributed by atoms with E-state index in [1.165, 1.54) is 6.08 Å². The zero-order chi connectivity index (χ0) is 18.9. The minimum Gasteiger partial charge on any atom is -0.497 e. The lowest BCUT2D eigenvalue weighted by molar-refractivity contribution is -0.128. The van der Waals surface area contributed by atoms with Gasteiger partial charge in [-0.2, -0.15) is 0 Å². The van der Waals surface area contributed by atoms with Crippen molar-refractivity contribution < 1.29 is 19.1 Å². The maximum atomic E-state index is 11.7. The molecule has 2 rings (SSSR count). The van der Waals surface area contributed by atoms with Crippen molar-refractivity contribution in [2.75, 3.05) is 13.7 Å². The molecule has 0 aliphatic carbocycles. The van der Waals surface area contributed by atoms with Crippen LogP contribution < -0.4 is 20.3 Å². The molecule has 0 radical (unpaired) electrons. The second-order valence-corrected chi connectivity index (χ2v) is 6.78. The van der Waals surface area contributed by atoms with Gasteiger partial charge in [-0.25, -0.2) is 0 Å². The number of carbonyl (C=O) groups is 2. The van der Waals surface area contributed by atoms with Gasteiger partial charge in [-0.05, 0) is 57.9 Å². The van der Waals surface area contributed by atoms with Crippen molar-refractivity contribution in [2.24, 2.45) is 0 Å². The van der Waals surface area contributed by atoms with Crippen molar-refractivity contribution in [2.45, 2.75) is 0 Å². The summed E-state index contributed by atoms with van der Waals surface area (Å²) in [6.07, 6.45) is 2.94. The molecule has 2 amide bonds. The average molecular weight is 484 g/mol. The Kier molecular flexibility index (Phi) is 7.68. The van der Waals surface area contributed by atoms with Crippen molar-refractivity contribution in [1.29, 1.82) is 0 Å². The predicted octanol–water partition coefficient (Wildman–Crippen LogP) is 3.46. The number of ether oxygens (including phenoxy) is 2. The maximum absolute atomic E-state index is 11.7. The molecule has 0 saturated carbocycles. The van der Waals surface area contributed by atoms with Gasteiger partial charge in [0, 0.05) is 10.5 Å². The van der Waals surface area contributed by atoms with Crippen LogP contribution in [0.5, 0.6) is 11.5 Å². The largest absolute Gasteiger partial charge is 0.497 e. The molecular formula is C18H16Br2N2O4. The number of rotatable bonds is 6. The summed E-state index contributed by atoms with van der Waals surface area (Å²) in [6.45, 7) is -0.233. The second kappa shape index (κ2) is 9.98. The monoisotopic (exact) mass is 482 g/mol. The van der Waals surface area contributed by atoms with Crippen LogP contribution in [0.3, 0.4) is 0 Å². The Labute approximate surface area is 167 Å². The van der Waals surface area contributed by atoms with Crippen LogP contribution in [0, 0.1) is 0 Å². The van der Waals surface area contributed by atoms with Gasteiger partial charge >= 0.3 is 0 Å². The Morgan fingerprint density at radius 3 is 2.46 bits per heavy atom. The number of hydrogen-bond acceptors (Lipinski definition) is 4. The van der Waals surface area contributed by atoms with Crippen LogP contribution in [0.1, 0.15) is 5.56 Å². The Hall–Kier alpha value is -2.32. The highest BCUT2D eigenvalue weighted by Crippen LogP contribution is 2.28. The topological polar surface area (TPSA) is 76.7 Å². The number of hydrazine groups is 1. The van der Waals surface area contributed by atoms with Gasteiger partial charge in [0.1, 0.15) is 11.5 Å². The normalized spacial score (nSPS) is 10.4. The smallest absolute Gasteiger partial charge is 0.276 e. The highest BCUT2D eigenvalue weighted by Gasteiger charge is 2.06.